The molecule has 0 aliphatic rings. The van der Waals surface area contributed by atoms with E-state index in [2.05, 4.69) is 20.9 Å². The first-order valence-corrected chi connectivity index (χ1v) is 8.91. The van der Waals surface area contributed by atoms with Gasteiger partial charge in [-0.3, -0.25) is 4.99 Å². The lowest BCUT2D eigenvalue weighted by Gasteiger charge is -2.11. The Morgan fingerprint density at radius 1 is 1.19 bits per heavy atom. The van der Waals surface area contributed by atoms with Crippen LogP contribution >= 0.6 is 15.9 Å². The van der Waals surface area contributed by atoms with E-state index in [9.17, 15) is 14.7 Å². The third-order valence-corrected chi connectivity index (χ3v) is 4.08. The Bertz CT molecular complexity index is 845. The lowest BCUT2D eigenvalue weighted by molar-refractivity contribution is -0.139. The molecule has 0 aromatic heterocycles. The second kappa shape index (κ2) is 8.76. The van der Waals surface area contributed by atoms with Crippen LogP contribution in [-0.2, 0) is 4.79 Å². The number of esters is 1. The van der Waals surface area contributed by atoms with Crippen molar-refractivity contribution in [1.82, 2.24) is 0 Å². The molecule has 2 rings (SSSR count). The van der Waals surface area contributed by atoms with Gasteiger partial charge in [-0.25, -0.2) is 9.59 Å². The summed E-state index contributed by atoms with van der Waals surface area (Å²) < 4.78 is 6.13. The number of rotatable bonds is 6. The number of carbonyl (C=O) groups is 2. The first-order valence-electron chi connectivity index (χ1n) is 8.11. The van der Waals surface area contributed by atoms with Gasteiger partial charge in [0.15, 0.2) is 0 Å². The molecule has 0 bridgehead atoms. The number of hydrogen-bond donors (Lipinski definition) is 1. The Labute approximate surface area is 160 Å². The van der Waals surface area contributed by atoms with Crippen LogP contribution < -0.4 is 4.74 Å². The Morgan fingerprint density at radius 2 is 1.92 bits per heavy atom. The molecule has 0 heterocycles. The number of aryl methyl sites for hydroxylation is 1. The van der Waals surface area contributed by atoms with Gasteiger partial charge in [-0.1, -0.05) is 47.5 Å². The van der Waals surface area contributed by atoms with Gasteiger partial charge >= 0.3 is 11.9 Å². The second-order valence-corrected chi connectivity index (χ2v) is 7.20. The quantitative estimate of drug-likeness (QED) is 0.426. The first-order chi connectivity index (χ1) is 12.3. The molecule has 0 spiro atoms. The van der Waals surface area contributed by atoms with Crippen molar-refractivity contribution in [2.45, 2.75) is 26.8 Å². The Balaban J connectivity index is 2.21. The molecule has 0 saturated carbocycles. The summed E-state index contributed by atoms with van der Waals surface area (Å²) in [7, 11) is 0. The zero-order valence-electron chi connectivity index (χ0n) is 14.8. The molecule has 0 fully saturated rings. The monoisotopic (exact) mass is 417 g/mol. The molecular weight excluding hydrogens is 398 g/mol. The van der Waals surface area contributed by atoms with Crippen LogP contribution in [0.3, 0.4) is 0 Å². The van der Waals surface area contributed by atoms with E-state index in [0.717, 1.165) is 5.56 Å². The topological polar surface area (TPSA) is 76.0 Å². The highest BCUT2D eigenvalue weighted by atomic mass is 79.9. The molecule has 5 nitrogen and oxygen atoms in total. The summed E-state index contributed by atoms with van der Waals surface area (Å²) in [5.74, 6) is -1.21. The van der Waals surface area contributed by atoms with E-state index in [1.54, 1.807) is 50.2 Å². The minimum absolute atomic E-state index is 0.130. The molecule has 1 unspecified atom stereocenters. The molecule has 1 N–H and O–H groups in total. The van der Waals surface area contributed by atoms with Crippen molar-refractivity contribution in [3.05, 3.63) is 63.6 Å². The summed E-state index contributed by atoms with van der Waals surface area (Å²) in [6.07, 6.45) is 1.48. The number of carboxylic acid groups (broad SMARTS) is 1. The van der Waals surface area contributed by atoms with Gasteiger partial charge in [0.2, 0.25) is 0 Å². The molecule has 6 heteroatoms. The highest BCUT2D eigenvalue weighted by molar-refractivity contribution is 9.10. The normalized spacial score (nSPS) is 12.3. The van der Waals surface area contributed by atoms with Gasteiger partial charge in [0.05, 0.1) is 5.56 Å². The number of hydrogen-bond acceptors (Lipinski definition) is 4. The average Bonchev–Trinajstić information content (AvgIpc) is 2.53. The lowest BCUT2D eigenvalue weighted by atomic mass is 10.1. The van der Waals surface area contributed by atoms with Crippen molar-refractivity contribution < 1.29 is 19.4 Å². The fourth-order valence-corrected chi connectivity index (χ4v) is 2.83. The molecule has 136 valence electrons. The number of ether oxygens (including phenoxy) is 1. The summed E-state index contributed by atoms with van der Waals surface area (Å²) >= 11 is 3.37. The molecule has 0 aliphatic heterocycles. The number of aliphatic carboxylic acids is 1. The third kappa shape index (κ3) is 5.52. The minimum Gasteiger partial charge on any atom is -0.480 e. The fourth-order valence-electron chi connectivity index (χ4n) is 2.34. The van der Waals surface area contributed by atoms with Crippen LogP contribution in [0.15, 0.2) is 51.9 Å². The molecule has 2 aromatic carbocycles. The molecular formula is C20H20BrNO4. The number of benzene rings is 2. The predicted molar refractivity (Wildman–Crippen MR) is 104 cm³/mol. The summed E-state index contributed by atoms with van der Waals surface area (Å²) in [6.45, 7) is 5.50. The van der Waals surface area contributed by atoms with Crippen molar-refractivity contribution in [2.75, 3.05) is 0 Å². The number of carboxylic acids is 1. The van der Waals surface area contributed by atoms with Crippen molar-refractivity contribution in [2.24, 2.45) is 10.9 Å². The molecule has 0 radical (unpaired) electrons. The van der Waals surface area contributed by atoms with Crippen molar-refractivity contribution in [1.29, 1.82) is 0 Å². The highest BCUT2D eigenvalue weighted by Crippen LogP contribution is 2.22. The van der Waals surface area contributed by atoms with Crippen LogP contribution in [0.2, 0.25) is 0 Å². The van der Waals surface area contributed by atoms with E-state index >= 15 is 0 Å². The molecule has 1 atom stereocenters. The van der Waals surface area contributed by atoms with E-state index in [1.807, 2.05) is 13.0 Å². The average molecular weight is 418 g/mol. The molecule has 2 aromatic rings. The summed E-state index contributed by atoms with van der Waals surface area (Å²) in [5.41, 5.74) is 2.07. The number of aliphatic imine (C=N–C) groups is 1. The van der Waals surface area contributed by atoms with Gasteiger partial charge in [-0.15, -0.1) is 0 Å². The van der Waals surface area contributed by atoms with Crippen molar-refractivity contribution >= 4 is 34.1 Å². The van der Waals surface area contributed by atoms with E-state index in [0.29, 0.717) is 21.3 Å². The van der Waals surface area contributed by atoms with Crippen LogP contribution in [0.1, 0.15) is 35.3 Å². The van der Waals surface area contributed by atoms with Crippen LogP contribution in [0.4, 0.5) is 0 Å². The SMILES string of the molecule is Cc1cccc(C(=O)Oc2cc(Br)cc(C=NC(C(=O)O)C(C)C)c2)c1. The zero-order valence-corrected chi connectivity index (χ0v) is 16.4. The third-order valence-electron chi connectivity index (χ3n) is 3.63. The van der Waals surface area contributed by atoms with E-state index in [-0.39, 0.29) is 5.92 Å². The lowest BCUT2D eigenvalue weighted by Crippen LogP contribution is -2.24. The Morgan fingerprint density at radius 3 is 2.54 bits per heavy atom. The Kier molecular flexibility index (Phi) is 6.69. The highest BCUT2D eigenvalue weighted by Gasteiger charge is 2.19. The number of carbonyl (C=O) groups excluding carboxylic acids is 1. The van der Waals surface area contributed by atoms with Crippen LogP contribution in [-0.4, -0.2) is 29.3 Å². The van der Waals surface area contributed by atoms with E-state index in [4.69, 9.17) is 4.74 Å². The number of halogens is 1. The van der Waals surface area contributed by atoms with Gasteiger partial charge in [0.25, 0.3) is 0 Å². The van der Waals surface area contributed by atoms with Gasteiger partial charge in [0, 0.05) is 10.7 Å². The van der Waals surface area contributed by atoms with Gasteiger partial charge < -0.3 is 9.84 Å². The largest absolute Gasteiger partial charge is 0.480 e. The standard InChI is InChI=1S/C20H20BrNO4/c1-12(2)18(19(23)24)22-11-14-8-16(21)10-17(9-14)26-20(25)15-6-4-5-13(3)7-15/h4-12,18H,1-3H3,(H,23,24). The molecule has 26 heavy (non-hydrogen) atoms. The fraction of sp³-hybridized carbons (Fsp3) is 0.250. The zero-order chi connectivity index (χ0) is 19.3. The minimum atomic E-state index is -0.975. The van der Waals surface area contributed by atoms with Crippen LogP contribution in [0.25, 0.3) is 0 Å². The first kappa shape index (κ1) is 19.8. The van der Waals surface area contributed by atoms with Gasteiger partial charge in [0.1, 0.15) is 11.8 Å². The smallest absolute Gasteiger partial charge is 0.343 e. The summed E-state index contributed by atoms with van der Waals surface area (Å²) in [6, 6.07) is 11.4. The van der Waals surface area contributed by atoms with E-state index in [1.165, 1.54) is 6.21 Å². The van der Waals surface area contributed by atoms with Crippen LogP contribution in [0, 0.1) is 12.8 Å². The van der Waals surface area contributed by atoms with Gasteiger partial charge in [-0.2, -0.15) is 0 Å². The molecule has 0 saturated heterocycles. The summed E-state index contributed by atoms with van der Waals surface area (Å²) in [4.78, 5) is 27.7. The maximum absolute atomic E-state index is 12.3. The van der Waals surface area contributed by atoms with E-state index < -0.39 is 18.0 Å². The Hall–Kier alpha value is -2.47. The molecule has 0 amide bonds. The predicted octanol–water partition coefficient (Wildman–Crippen LogP) is 4.50. The number of nitrogens with zero attached hydrogens (tertiary/aromatic N) is 1. The second-order valence-electron chi connectivity index (χ2n) is 6.28. The van der Waals surface area contributed by atoms with Crippen LogP contribution in [0.5, 0.6) is 5.75 Å². The molecule has 0 aliphatic carbocycles. The maximum atomic E-state index is 12.3. The van der Waals surface area contributed by atoms with Crippen molar-refractivity contribution in [3.63, 3.8) is 0 Å². The van der Waals surface area contributed by atoms with Gasteiger partial charge in [-0.05, 0) is 48.7 Å². The maximum Gasteiger partial charge on any atom is 0.343 e. The summed E-state index contributed by atoms with van der Waals surface area (Å²) in [5, 5.41) is 9.21. The van der Waals surface area contributed by atoms with Crippen molar-refractivity contribution in [3.8, 4) is 5.75 Å².